The first kappa shape index (κ1) is 22.3. The van der Waals surface area contributed by atoms with E-state index in [1.54, 1.807) is 25.6 Å². The summed E-state index contributed by atoms with van der Waals surface area (Å²) in [6, 6.07) is 12.7. The fraction of sp³-hybridized carbons (Fsp3) is 0.333. The maximum absolute atomic E-state index is 13.0. The second-order valence-electron chi connectivity index (χ2n) is 8.11. The molecule has 7 nitrogen and oxygen atoms in total. The van der Waals surface area contributed by atoms with E-state index < -0.39 is 6.10 Å². The van der Waals surface area contributed by atoms with E-state index in [-0.39, 0.29) is 11.9 Å². The molecule has 2 aromatic carbocycles. The van der Waals surface area contributed by atoms with Crippen LogP contribution in [0.3, 0.4) is 0 Å². The molecule has 2 heterocycles. The van der Waals surface area contributed by atoms with Crippen LogP contribution in [-0.2, 0) is 6.54 Å². The van der Waals surface area contributed by atoms with Gasteiger partial charge in [0.2, 0.25) is 0 Å². The molecular weight excluding hydrogens is 428 g/mol. The van der Waals surface area contributed by atoms with Crippen LogP contribution in [0.1, 0.15) is 28.0 Å². The molecule has 1 aromatic heterocycles. The van der Waals surface area contributed by atoms with Gasteiger partial charge in [0.15, 0.2) is 0 Å². The highest BCUT2D eigenvalue weighted by Crippen LogP contribution is 2.25. The van der Waals surface area contributed by atoms with Crippen molar-refractivity contribution < 1.29 is 14.6 Å². The number of nitrogens with zero attached hydrogens (tertiary/aromatic N) is 3. The van der Waals surface area contributed by atoms with Crippen LogP contribution in [0.25, 0.3) is 5.69 Å². The summed E-state index contributed by atoms with van der Waals surface area (Å²) in [5.41, 5.74) is 3.27. The normalized spacial score (nSPS) is 19.0. The Bertz CT molecular complexity index is 1100. The number of halogens is 1. The molecule has 3 aromatic rings. The molecule has 4 rings (SSSR count). The molecule has 2 atom stereocenters. The lowest BCUT2D eigenvalue weighted by atomic mass is 10.0. The number of aromatic nitrogens is 2. The molecule has 0 aliphatic carbocycles. The van der Waals surface area contributed by atoms with Gasteiger partial charge in [-0.25, -0.2) is 4.98 Å². The van der Waals surface area contributed by atoms with Crippen LogP contribution in [0.15, 0.2) is 55.0 Å². The average Bonchev–Trinajstić information content (AvgIpc) is 3.21. The molecule has 2 N–H and O–H groups in total. The number of aryl methyl sites for hydroxylation is 1. The van der Waals surface area contributed by atoms with E-state index >= 15 is 0 Å². The topological polar surface area (TPSA) is 79.6 Å². The van der Waals surface area contributed by atoms with Gasteiger partial charge in [-0.2, -0.15) is 0 Å². The van der Waals surface area contributed by atoms with Crippen molar-refractivity contribution in [1.82, 2.24) is 19.8 Å². The highest BCUT2D eigenvalue weighted by molar-refractivity contribution is 6.30. The molecule has 1 saturated heterocycles. The molecular formula is C24H27ClN4O3. The third-order valence-electron chi connectivity index (χ3n) is 5.70. The number of ether oxygens (including phenoxy) is 1. The molecule has 32 heavy (non-hydrogen) atoms. The largest absolute Gasteiger partial charge is 0.495 e. The van der Waals surface area contributed by atoms with E-state index in [1.807, 2.05) is 48.0 Å². The summed E-state index contributed by atoms with van der Waals surface area (Å²) in [7, 11) is 1.57. The number of piperidine rings is 1. The Labute approximate surface area is 192 Å². The van der Waals surface area contributed by atoms with E-state index in [4.69, 9.17) is 16.3 Å². The molecule has 1 amide bonds. The average molecular weight is 455 g/mol. The number of hydrogen-bond donors (Lipinski definition) is 2. The monoisotopic (exact) mass is 454 g/mol. The lowest BCUT2D eigenvalue weighted by molar-refractivity contribution is 0.0410. The third kappa shape index (κ3) is 5.12. The highest BCUT2D eigenvalue weighted by Gasteiger charge is 2.29. The van der Waals surface area contributed by atoms with Crippen LogP contribution in [-0.4, -0.2) is 57.8 Å². The van der Waals surface area contributed by atoms with E-state index in [1.165, 1.54) is 0 Å². The predicted molar refractivity (Wildman–Crippen MR) is 123 cm³/mol. The number of carbonyl (C=O) groups excluding carboxylic acids is 1. The first-order valence-corrected chi connectivity index (χ1v) is 11.0. The highest BCUT2D eigenvalue weighted by atomic mass is 35.5. The molecule has 0 saturated carbocycles. The zero-order chi connectivity index (χ0) is 22.7. The van der Waals surface area contributed by atoms with Crippen molar-refractivity contribution in [3.8, 4) is 11.4 Å². The van der Waals surface area contributed by atoms with Crippen LogP contribution < -0.4 is 10.1 Å². The van der Waals surface area contributed by atoms with Gasteiger partial charge in [-0.05, 0) is 49.2 Å². The summed E-state index contributed by atoms with van der Waals surface area (Å²) in [4.78, 5) is 19.4. The first-order chi connectivity index (χ1) is 15.4. The molecule has 8 heteroatoms. The van der Waals surface area contributed by atoms with E-state index in [0.717, 1.165) is 23.5 Å². The Kier molecular flexibility index (Phi) is 6.79. The molecule has 0 bridgehead atoms. The first-order valence-electron chi connectivity index (χ1n) is 10.6. The summed E-state index contributed by atoms with van der Waals surface area (Å²) < 4.78 is 7.36. The van der Waals surface area contributed by atoms with Crippen molar-refractivity contribution in [2.45, 2.75) is 32.0 Å². The Morgan fingerprint density at radius 1 is 1.31 bits per heavy atom. The van der Waals surface area contributed by atoms with Gasteiger partial charge < -0.3 is 19.7 Å². The number of benzene rings is 2. The molecule has 1 fully saturated rings. The van der Waals surface area contributed by atoms with Crippen LogP contribution >= 0.6 is 11.6 Å². The number of likely N-dealkylation sites (tertiary alicyclic amines) is 1. The minimum Gasteiger partial charge on any atom is -0.495 e. The van der Waals surface area contributed by atoms with Gasteiger partial charge >= 0.3 is 0 Å². The van der Waals surface area contributed by atoms with Crippen molar-refractivity contribution >= 4 is 17.5 Å². The molecule has 168 valence electrons. The van der Waals surface area contributed by atoms with Gasteiger partial charge in [0.1, 0.15) is 5.75 Å². The standard InChI is InChI=1S/C24H27ClN4O3/c1-16-12-29(15-26-16)21-7-6-18(11-23(21)32-2)24(31)27-20-14-28(9-8-22(20)30)13-17-4-3-5-19(25)10-17/h3-7,10-12,15,20,22,30H,8-9,13-14H2,1-2H3,(H,27,31). The SMILES string of the molecule is COc1cc(C(=O)NC2CN(Cc3cccc(Cl)c3)CCC2O)ccc1-n1cnc(C)c1. The molecule has 2 unspecified atom stereocenters. The minimum atomic E-state index is -0.593. The fourth-order valence-electron chi connectivity index (χ4n) is 4.02. The van der Waals surface area contributed by atoms with Crippen LogP contribution in [0.4, 0.5) is 0 Å². The van der Waals surface area contributed by atoms with Crippen LogP contribution in [0.2, 0.25) is 5.02 Å². The van der Waals surface area contributed by atoms with Gasteiger partial charge in [-0.15, -0.1) is 0 Å². The second kappa shape index (κ2) is 9.73. The Morgan fingerprint density at radius 2 is 2.16 bits per heavy atom. The minimum absolute atomic E-state index is 0.245. The summed E-state index contributed by atoms with van der Waals surface area (Å²) in [6.45, 7) is 3.94. The van der Waals surface area contributed by atoms with Crippen LogP contribution in [0.5, 0.6) is 5.75 Å². The number of aliphatic hydroxyl groups excluding tert-OH is 1. The Balaban J connectivity index is 1.45. The quantitative estimate of drug-likeness (QED) is 0.598. The van der Waals surface area contributed by atoms with Gasteiger partial charge in [0.05, 0.1) is 37.0 Å². The van der Waals surface area contributed by atoms with Gasteiger partial charge in [-0.3, -0.25) is 9.69 Å². The lowest BCUT2D eigenvalue weighted by Crippen LogP contribution is -2.54. The predicted octanol–water partition coefficient (Wildman–Crippen LogP) is 3.21. The number of carbonyl (C=O) groups is 1. The summed E-state index contributed by atoms with van der Waals surface area (Å²) in [5, 5.41) is 14.2. The lowest BCUT2D eigenvalue weighted by Gasteiger charge is -2.36. The van der Waals surface area contributed by atoms with Gasteiger partial charge in [-0.1, -0.05) is 23.7 Å². The number of methoxy groups -OCH3 is 1. The third-order valence-corrected chi connectivity index (χ3v) is 5.94. The van der Waals surface area contributed by atoms with E-state index in [9.17, 15) is 9.90 Å². The molecule has 0 radical (unpaired) electrons. The number of rotatable bonds is 6. The van der Waals surface area contributed by atoms with Crippen molar-refractivity contribution in [3.63, 3.8) is 0 Å². The number of aliphatic hydroxyl groups is 1. The van der Waals surface area contributed by atoms with E-state index in [2.05, 4.69) is 15.2 Å². The summed E-state index contributed by atoms with van der Waals surface area (Å²) in [5.74, 6) is 0.326. The smallest absolute Gasteiger partial charge is 0.251 e. The second-order valence-corrected chi connectivity index (χ2v) is 8.55. The molecule has 1 aliphatic rings. The number of hydrogen-bond acceptors (Lipinski definition) is 5. The number of nitrogens with one attached hydrogen (secondary N) is 1. The zero-order valence-corrected chi connectivity index (χ0v) is 18.9. The van der Waals surface area contributed by atoms with Crippen molar-refractivity contribution in [2.75, 3.05) is 20.2 Å². The maximum atomic E-state index is 13.0. The fourth-order valence-corrected chi connectivity index (χ4v) is 4.24. The van der Waals surface area contributed by atoms with Crippen molar-refractivity contribution in [3.05, 3.63) is 76.8 Å². The Hall–Kier alpha value is -2.87. The van der Waals surface area contributed by atoms with Gasteiger partial charge in [0, 0.05) is 36.4 Å². The van der Waals surface area contributed by atoms with Crippen molar-refractivity contribution in [2.24, 2.45) is 0 Å². The van der Waals surface area contributed by atoms with Crippen molar-refractivity contribution in [1.29, 1.82) is 0 Å². The van der Waals surface area contributed by atoms with E-state index in [0.29, 0.717) is 35.8 Å². The Morgan fingerprint density at radius 3 is 2.88 bits per heavy atom. The number of imidazole rings is 1. The summed E-state index contributed by atoms with van der Waals surface area (Å²) in [6.07, 6.45) is 3.60. The summed E-state index contributed by atoms with van der Waals surface area (Å²) >= 11 is 6.10. The molecule has 0 spiro atoms. The van der Waals surface area contributed by atoms with Gasteiger partial charge in [0.25, 0.3) is 5.91 Å². The molecule has 1 aliphatic heterocycles. The van der Waals surface area contributed by atoms with Crippen LogP contribution in [0, 0.1) is 6.92 Å². The maximum Gasteiger partial charge on any atom is 0.251 e. The number of amides is 1. The zero-order valence-electron chi connectivity index (χ0n) is 18.2.